The van der Waals surface area contributed by atoms with Gasteiger partial charge < -0.3 is 4.98 Å². The average Bonchev–Trinajstić information content (AvgIpc) is 3.03. The first-order chi connectivity index (χ1) is 9.59. The number of carbonyl (C=O) groups is 1. The van der Waals surface area contributed by atoms with Crippen LogP contribution in [0.3, 0.4) is 0 Å². The second kappa shape index (κ2) is 4.57. The molecule has 0 saturated carbocycles. The molecule has 100 valence electrons. The molecule has 0 aliphatic rings. The molecular weight excluding hydrogens is 276 g/mol. The summed E-state index contributed by atoms with van der Waals surface area (Å²) in [7, 11) is 0. The lowest BCUT2D eigenvalue weighted by Gasteiger charge is -1.98. The zero-order valence-corrected chi connectivity index (χ0v) is 11.4. The fourth-order valence-corrected chi connectivity index (χ4v) is 3.09. The third-order valence-electron chi connectivity index (χ3n) is 3.20. The lowest BCUT2D eigenvalue weighted by molar-refractivity contribution is -0.383. The SMILES string of the molecule is Cc1ccsc1C(=O)c1c[nH]c2c([N+](=O)[O-])cccc12. The number of aryl methyl sites for hydroxylation is 1. The second-order valence-corrected chi connectivity index (χ2v) is 5.34. The number of hydrogen-bond acceptors (Lipinski definition) is 4. The van der Waals surface area contributed by atoms with E-state index in [0.717, 1.165) is 5.56 Å². The highest BCUT2D eigenvalue weighted by molar-refractivity contribution is 7.12. The van der Waals surface area contributed by atoms with Crippen molar-refractivity contribution >= 4 is 33.7 Å². The van der Waals surface area contributed by atoms with Crippen LogP contribution < -0.4 is 0 Å². The number of para-hydroxylation sites is 1. The Labute approximate surface area is 118 Å². The summed E-state index contributed by atoms with van der Waals surface area (Å²) in [6.45, 7) is 1.88. The number of nitro groups is 1. The van der Waals surface area contributed by atoms with Gasteiger partial charge in [0.15, 0.2) is 0 Å². The molecule has 0 spiro atoms. The number of non-ortho nitro benzene ring substituents is 1. The molecule has 6 heteroatoms. The Kier molecular flexibility index (Phi) is 2.87. The van der Waals surface area contributed by atoms with E-state index in [1.807, 2.05) is 18.4 Å². The number of carbonyl (C=O) groups excluding carboxylic acids is 1. The minimum absolute atomic E-state index is 0.0237. The Bertz CT molecular complexity index is 832. The largest absolute Gasteiger partial charge is 0.355 e. The fourth-order valence-electron chi connectivity index (χ4n) is 2.21. The van der Waals surface area contributed by atoms with Crippen LogP contribution >= 0.6 is 11.3 Å². The predicted molar refractivity (Wildman–Crippen MR) is 77.4 cm³/mol. The number of nitro benzene ring substituents is 1. The van der Waals surface area contributed by atoms with Crippen LogP contribution in [0, 0.1) is 17.0 Å². The number of nitrogens with zero attached hydrogens (tertiary/aromatic N) is 1. The molecule has 0 unspecified atom stereocenters. The molecule has 1 aromatic carbocycles. The monoisotopic (exact) mass is 286 g/mol. The third-order valence-corrected chi connectivity index (χ3v) is 4.22. The molecule has 20 heavy (non-hydrogen) atoms. The summed E-state index contributed by atoms with van der Waals surface area (Å²) in [5, 5.41) is 13.4. The minimum atomic E-state index is -0.455. The van der Waals surface area contributed by atoms with E-state index in [1.54, 1.807) is 18.3 Å². The number of thiophene rings is 1. The number of fused-ring (bicyclic) bond motifs is 1. The van der Waals surface area contributed by atoms with E-state index in [9.17, 15) is 14.9 Å². The standard InChI is InChI=1S/C14H10N2O3S/c1-8-5-6-20-14(8)13(17)10-7-15-12-9(10)3-2-4-11(12)16(18)19/h2-7,15H,1H3. The van der Waals surface area contributed by atoms with Crippen molar-refractivity contribution in [1.82, 2.24) is 4.98 Å². The number of aromatic amines is 1. The molecule has 3 aromatic rings. The predicted octanol–water partition coefficient (Wildman–Crippen LogP) is 3.68. The van der Waals surface area contributed by atoms with E-state index in [1.165, 1.54) is 17.4 Å². The van der Waals surface area contributed by atoms with E-state index in [0.29, 0.717) is 21.3 Å². The second-order valence-electron chi connectivity index (χ2n) is 4.42. The van der Waals surface area contributed by atoms with Crippen molar-refractivity contribution in [3.05, 3.63) is 62.0 Å². The van der Waals surface area contributed by atoms with Gasteiger partial charge in [-0.2, -0.15) is 0 Å². The quantitative estimate of drug-likeness (QED) is 0.453. The molecule has 0 amide bonds. The van der Waals surface area contributed by atoms with Gasteiger partial charge in [0.2, 0.25) is 5.78 Å². The van der Waals surface area contributed by atoms with Crippen molar-refractivity contribution < 1.29 is 9.72 Å². The number of rotatable bonds is 3. The van der Waals surface area contributed by atoms with Gasteiger partial charge in [-0.25, -0.2) is 0 Å². The number of aromatic nitrogens is 1. The Morgan fingerprint density at radius 3 is 2.80 bits per heavy atom. The molecule has 1 N–H and O–H groups in total. The van der Waals surface area contributed by atoms with Crippen molar-refractivity contribution in [2.75, 3.05) is 0 Å². The van der Waals surface area contributed by atoms with Gasteiger partial charge in [-0.05, 0) is 23.9 Å². The smallest absolute Gasteiger partial charge is 0.293 e. The molecule has 0 aliphatic carbocycles. The summed E-state index contributed by atoms with van der Waals surface area (Å²) in [5.74, 6) is -0.107. The van der Waals surface area contributed by atoms with Crippen molar-refractivity contribution in [3.8, 4) is 0 Å². The van der Waals surface area contributed by atoms with Gasteiger partial charge >= 0.3 is 0 Å². The zero-order valence-electron chi connectivity index (χ0n) is 10.5. The number of benzene rings is 1. The first-order valence-electron chi connectivity index (χ1n) is 5.93. The van der Waals surface area contributed by atoms with Crippen LogP contribution in [0.15, 0.2) is 35.8 Å². The van der Waals surface area contributed by atoms with Gasteiger partial charge in [0.1, 0.15) is 5.52 Å². The first-order valence-corrected chi connectivity index (χ1v) is 6.81. The Morgan fingerprint density at radius 2 is 2.15 bits per heavy atom. The van der Waals surface area contributed by atoms with Crippen LogP contribution in [-0.4, -0.2) is 15.7 Å². The maximum atomic E-state index is 12.5. The van der Waals surface area contributed by atoms with Crippen LogP contribution in [0.1, 0.15) is 20.8 Å². The highest BCUT2D eigenvalue weighted by Gasteiger charge is 2.21. The highest BCUT2D eigenvalue weighted by atomic mass is 32.1. The van der Waals surface area contributed by atoms with E-state index >= 15 is 0 Å². The topological polar surface area (TPSA) is 76.0 Å². The molecule has 2 aromatic heterocycles. The molecule has 2 heterocycles. The van der Waals surface area contributed by atoms with Crippen LogP contribution in [0.5, 0.6) is 0 Å². The highest BCUT2D eigenvalue weighted by Crippen LogP contribution is 2.29. The fraction of sp³-hybridized carbons (Fsp3) is 0.0714. The Hall–Kier alpha value is -2.47. The number of hydrogen-bond donors (Lipinski definition) is 1. The molecular formula is C14H10N2O3S. The van der Waals surface area contributed by atoms with E-state index in [-0.39, 0.29) is 11.5 Å². The van der Waals surface area contributed by atoms with E-state index < -0.39 is 4.92 Å². The lowest BCUT2D eigenvalue weighted by atomic mass is 10.1. The van der Waals surface area contributed by atoms with Gasteiger partial charge in [0.05, 0.1) is 9.80 Å². The molecule has 0 atom stereocenters. The molecule has 3 rings (SSSR count). The number of H-pyrrole nitrogens is 1. The van der Waals surface area contributed by atoms with Crippen molar-refractivity contribution in [3.63, 3.8) is 0 Å². The molecule has 0 fully saturated rings. The summed E-state index contributed by atoms with van der Waals surface area (Å²) in [6, 6.07) is 6.61. The molecule has 0 saturated heterocycles. The third kappa shape index (κ3) is 1.81. The van der Waals surface area contributed by atoms with Gasteiger partial charge in [0, 0.05) is 23.2 Å². The summed E-state index contributed by atoms with van der Waals surface area (Å²) in [5.41, 5.74) is 1.74. The number of nitrogens with one attached hydrogen (secondary N) is 1. The van der Waals surface area contributed by atoms with Gasteiger partial charge in [-0.1, -0.05) is 12.1 Å². The van der Waals surface area contributed by atoms with Crippen molar-refractivity contribution in [1.29, 1.82) is 0 Å². The van der Waals surface area contributed by atoms with Crippen molar-refractivity contribution in [2.24, 2.45) is 0 Å². The maximum absolute atomic E-state index is 12.5. The Balaban J connectivity index is 2.19. The van der Waals surface area contributed by atoms with Crippen LogP contribution in [-0.2, 0) is 0 Å². The Morgan fingerprint density at radius 1 is 1.35 bits per heavy atom. The summed E-state index contributed by atoms with van der Waals surface area (Å²) in [4.78, 5) is 26.5. The summed E-state index contributed by atoms with van der Waals surface area (Å²) < 4.78 is 0. The van der Waals surface area contributed by atoms with Crippen LogP contribution in [0.2, 0.25) is 0 Å². The summed E-state index contributed by atoms with van der Waals surface area (Å²) in [6.07, 6.45) is 1.54. The molecule has 0 aliphatic heterocycles. The average molecular weight is 286 g/mol. The lowest BCUT2D eigenvalue weighted by Crippen LogP contribution is -1.99. The van der Waals surface area contributed by atoms with Crippen LogP contribution in [0.4, 0.5) is 5.69 Å². The molecule has 5 nitrogen and oxygen atoms in total. The molecule has 0 radical (unpaired) electrons. The van der Waals surface area contributed by atoms with Crippen molar-refractivity contribution in [2.45, 2.75) is 6.92 Å². The van der Waals surface area contributed by atoms with Crippen LogP contribution in [0.25, 0.3) is 10.9 Å². The van der Waals surface area contributed by atoms with Gasteiger partial charge in [-0.3, -0.25) is 14.9 Å². The maximum Gasteiger partial charge on any atom is 0.293 e. The summed E-state index contributed by atoms with van der Waals surface area (Å²) >= 11 is 1.38. The zero-order chi connectivity index (χ0) is 14.3. The van der Waals surface area contributed by atoms with Gasteiger partial charge in [-0.15, -0.1) is 11.3 Å². The first kappa shape index (κ1) is 12.6. The number of ketones is 1. The minimum Gasteiger partial charge on any atom is -0.355 e. The molecule has 0 bridgehead atoms. The van der Waals surface area contributed by atoms with E-state index in [4.69, 9.17) is 0 Å². The van der Waals surface area contributed by atoms with Gasteiger partial charge in [0.25, 0.3) is 5.69 Å². The van der Waals surface area contributed by atoms with E-state index in [2.05, 4.69) is 4.98 Å². The normalized spacial score (nSPS) is 10.8.